The maximum absolute atomic E-state index is 13.8. The van der Waals surface area contributed by atoms with Crippen molar-refractivity contribution in [3.63, 3.8) is 0 Å². The van der Waals surface area contributed by atoms with Crippen LogP contribution < -0.4 is 27.4 Å². The minimum atomic E-state index is -0.611. The lowest BCUT2D eigenvalue weighted by molar-refractivity contribution is -0.119. The summed E-state index contributed by atoms with van der Waals surface area (Å²) in [4.78, 5) is 66.8. The van der Waals surface area contributed by atoms with E-state index >= 15 is 0 Å². The highest BCUT2D eigenvalue weighted by Crippen LogP contribution is 2.31. The largest absolute Gasteiger partial charge is 0.348 e. The van der Waals surface area contributed by atoms with E-state index in [9.17, 15) is 19.2 Å². The van der Waals surface area contributed by atoms with E-state index in [4.69, 9.17) is 11.5 Å². The number of rotatable bonds is 17. The van der Waals surface area contributed by atoms with E-state index in [1.165, 1.54) is 47.9 Å². The highest BCUT2D eigenvalue weighted by atomic mass is 32.1. The third-order valence-electron chi connectivity index (χ3n) is 6.97. The molecule has 0 aromatic carbocycles. The average Bonchev–Trinajstić information content (AvgIpc) is 3.69. The summed E-state index contributed by atoms with van der Waals surface area (Å²) in [7, 11) is 0. The molecule has 0 saturated carbocycles. The number of aryl methyl sites for hydroxylation is 3. The number of ketones is 1. The van der Waals surface area contributed by atoms with Gasteiger partial charge in [0.1, 0.15) is 9.75 Å². The Labute approximate surface area is 276 Å². The van der Waals surface area contributed by atoms with Crippen LogP contribution in [-0.2, 0) is 11.2 Å². The predicted molar refractivity (Wildman–Crippen MR) is 179 cm³/mol. The van der Waals surface area contributed by atoms with Crippen LogP contribution in [0.2, 0.25) is 0 Å². The van der Waals surface area contributed by atoms with Gasteiger partial charge in [0.25, 0.3) is 11.8 Å². The first-order valence-corrected chi connectivity index (χ1v) is 17.5. The van der Waals surface area contributed by atoms with Crippen LogP contribution in [0, 0.1) is 13.8 Å². The first kappa shape index (κ1) is 36.4. The summed E-state index contributed by atoms with van der Waals surface area (Å²) >= 11 is 3.85. The second kappa shape index (κ2) is 17.0. The normalized spacial score (nSPS) is 13.2. The van der Waals surface area contributed by atoms with Crippen molar-refractivity contribution >= 4 is 57.5 Å². The standard InChI is InChI=1S/C30H44N8O4S3/c1-15(33-18(4)40)24-28(45-22(38-24)12-8-10-14-32)29(41)34-16(2)23-27(44-19(5)35-23)30(42)37-21(11-7-9-13-31)25-26(17(3)39)43-20(6)36-25/h15-16,21H,7-14,31-32H2,1-6H3,(H,33,40)(H,34,41)(H,37,42)/t15-,16-,21-/m0/s1. The number of carbonyl (C=O) groups excluding carboxylic acids is 4. The molecular weight excluding hydrogens is 633 g/mol. The summed E-state index contributed by atoms with van der Waals surface area (Å²) in [5.74, 6) is -1.04. The Morgan fingerprint density at radius 1 is 0.689 bits per heavy atom. The molecule has 7 N–H and O–H groups in total. The number of carbonyl (C=O) groups is 4. The lowest BCUT2D eigenvalue weighted by Crippen LogP contribution is -2.33. The fourth-order valence-electron chi connectivity index (χ4n) is 4.89. The van der Waals surface area contributed by atoms with Crippen molar-refractivity contribution in [1.29, 1.82) is 0 Å². The molecule has 246 valence electrons. The smallest absolute Gasteiger partial charge is 0.263 e. The summed E-state index contributed by atoms with van der Waals surface area (Å²) in [5, 5.41) is 11.1. The van der Waals surface area contributed by atoms with Crippen molar-refractivity contribution in [2.75, 3.05) is 13.1 Å². The molecule has 0 saturated heterocycles. The Hall–Kier alpha value is -3.11. The van der Waals surface area contributed by atoms with E-state index in [-0.39, 0.29) is 23.5 Å². The van der Waals surface area contributed by atoms with Crippen LogP contribution >= 0.6 is 34.0 Å². The number of nitrogens with one attached hydrogen (secondary N) is 3. The lowest BCUT2D eigenvalue weighted by Gasteiger charge is -2.19. The van der Waals surface area contributed by atoms with E-state index in [1.807, 2.05) is 6.92 Å². The molecule has 0 aliphatic heterocycles. The molecule has 3 atom stereocenters. The summed E-state index contributed by atoms with van der Waals surface area (Å²) in [6, 6.07) is -1.56. The predicted octanol–water partition coefficient (Wildman–Crippen LogP) is 4.45. The third-order valence-corrected chi connectivity index (χ3v) is 10.2. The molecule has 0 radical (unpaired) electrons. The van der Waals surface area contributed by atoms with E-state index in [0.29, 0.717) is 62.7 Å². The average molecular weight is 677 g/mol. The molecule has 12 nitrogen and oxygen atoms in total. The van der Waals surface area contributed by atoms with Gasteiger partial charge in [-0.1, -0.05) is 0 Å². The van der Waals surface area contributed by atoms with Crippen LogP contribution in [0.3, 0.4) is 0 Å². The van der Waals surface area contributed by atoms with Crippen LogP contribution in [0.5, 0.6) is 0 Å². The highest BCUT2D eigenvalue weighted by Gasteiger charge is 2.29. The molecule has 0 aliphatic rings. The minimum Gasteiger partial charge on any atom is -0.348 e. The number of unbranched alkanes of at least 4 members (excludes halogenated alkanes) is 2. The Morgan fingerprint density at radius 2 is 1.22 bits per heavy atom. The molecule has 15 heteroatoms. The van der Waals surface area contributed by atoms with Crippen LogP contribution in [0.15, 0.2) is 0 Å². The van der Waals surface area contributed by atoms with Gasteiger partial charge in [-0.3, -0.25) is 19.2 Å². The van der Waals surface area contributed by atoms with E-state index in [0.717, 1.165) is 35.7 Å². The molecule has 0 aliphatic carbocycles. The van der Waals surface area contributed by atoms with Gasteiger partial charge in [-0.25, -0.2) is 15.0 Å². The number of amides is 3. The molecule has 0 spiro atoms. The zero-order valence-electron chi connectivity index (χ0n) is 26.7. The monoisotopic (exact) mass is 676 g/mol. The Balaban J connectivity index is 1.86. The summed E-state index contributed by atoms with van der Waals surface area (Å²) in [6.45, 7) is 11.2. The van der Waals surface area contributed by atoms with Gasteiger partial charge in [0.15, 0.2) is 5.78 Å². The molecule has 45 heavy (non-hydrogen) atoms. The first-order valence-electron chi connectivity index (χ1n) is 15.1. The molecule has 3 rings (SSSR count). The second-order valence-electron chi connectivity index (χ2n) is 10.9. The molecule has 3 heterocycles. The zero-order chi connectivity index (χ0) is 33.3. The second-order valence-corrected chi connectivity index (χ2v) is 14.4. The van der Waals surface area contributed by atoms with Gasteiger partial charge < -0.3 is 27.4 Å². The molecule has 3 amide bonds. The van der Waals surface area contributed by atoms with Crippen molar-refractivity contribution in [2.45, 2.75) is 98.2 Å². The highest BCUT2D eigenvalue weighted by molar-refractivity contribution is 7.14. The van der Waals surface area contributed by atoms with Gasteiger partial charge in [-0.15, -0.1) is 34.0 Å². The minimum absolute atomic E-state index is 0.0999. The van der Waals surface area contributed by atoms with Crippen molar-refractivity contribution < 1.29 is 19.2 Å². The zero-order valence-corrected chi connectivity index (χ0v) is 29.2. The maximum Gasteiger partial charge on any atom is 0.263 e. The molecule has 3 aromatic heterocycles. The van der Waals surface area contributed by atoms with Crippen LogP contribution in [-0.4, -0.2) is 51.5 Å². The Kier molecular flexibility index (Phi) is 13.7. The molecule has 3 aromatic rings. The van der Waals surface area contributed by atoms with Crippen LogP contribution in [0.25, 0.3) is 0 Å². The number of Topliss-reactive ketones (excluding diaryl/α,β-unsaturated/α-hetero) is 1. The molecule has 0 fully saturated rings. The fourth-order valence-corrected chi connectivity index (χ4v) is 7.79. The summed E-state index contributed by atoms with van der Waals surface area (Å²) in [5.41, 5.74) is 12.9. The number of nitrogens with zero attached hydrogens (tertiary/aromatic N) is 3. The first-order chi connectivity index (χ1) is 21.4. The van der Waals surface area contributed by atoms with Crippen molar-refractivity contribution in [3.8, 4) is 0 Å². The van der Waals surface area contributed by atoms with Gasteiger partial charge in [-0.2, -0.15) is 0 Å². The van der Waals surface area contributed by atoms with Crippen LogP contribution in [0.4, 0.5) is 0 Å². The number of nitrogens with two attached hydrogens (primary N) is 2. The van der Waals surface area contributed by atoms with E-state index in [1.54, 1.807) is 20.8 Å². The van der Waals surface area contributed by atoms with Crippen molar-refractivity contribution in [1.82, 2.24) is 30.9 Å². The van der Waals surface area contributed by atoms with Crippen LogP contribution in [0.1, 0.15) is 139 Å². The number of hydrogen-bond donors (Lipinski definition) is 5. The summed E-state index contributed by atoms with van der Waals surface area (Å²) in [6.07, 6.45) is 4.45. The van der Waals surface area contributed by atoms with E-state index < -0.39 is 18.1 Å². The van der Waals surface area contributed by atoms with Gasteiger partial charge in [0.05, 0.1) is 55.1 Å². The third kappa shape index (κ3) is 9.94. The number of thiazole rings is 3. The van der Waals surface area contributed by atoms with Crippen molar-refractivity contribution in [3.05, 3.63) is 46.7 Å². The Morgan fingerprint density at radius 3 is 1.84 bits per heavy atom. The van der Waals surface area contributed by atoms with Gasteiger partial charge in [0, 0.05) is 13.8 Å². The lowest BCUT2D eigenvalue weighted by atomic mass is 10.0. The molecule has 0 bridgehead atoms. The maximum atomic E-state index is 13.8. The van der Waals surface area contributed by atoms with Gasteiger partial charge in [0.2, 0.25) is 5.91 Å². The molecular formula is C30H44N8O4S3. The van der Waals surface area contributed by atoms with Gasteiger partial charge in [-0.05, 0) is 79.3 Å². The van der Waals surface area contributed by atoms with E-state index in [2.05, 4.69) is 30.9 Å². The summed E-state index contributed by atoms with van der Waals surface area (Å²) < 4.78 is 0. The SMILES string of the molecule is CC(=O)N[C@@H](C)c1nc(CCCCN)sc1C(=O)N[C@@H](C)c1nc(C)sc1C(=O)N[C@@H](CCCCN)c1nc(C)sc1C(C)=O. The fraction of sp³-hybridized carbons (Fsp3) is 0.567. The van der Waals surface area contributed by atoms with Crippen molar-refractivity contribution in [2.24, 2.45) is 11.5 Å². The number of aromatic nitrogens is 3. The number of hydrogen-bond acceptors (Lipinski definition) is 12. The Bertz CT molecular complexity index is 1500. The topological polar surface area (TPSA) is 195 Å². The molecule has 0 unspecified atom stereocenters. The van der Waals surface area contributed by atoms with Gasteiger partial charge >= 0.3 is 0 Å². The quantitative estimate of drug-likeness (QED) is 0.101.